The van der Waals surface area contributed by atoms with Crippen LogP contribution in [0, 0.1) is 5.92 Å². The van der Waals surface area contributed by atoms with Crippen LogP contribution in [0.5, 0.6) is 17.4 Å². The second kappa shape index (κ2) is 12.4. The van der Waals surface area contributed by atoms with Gasteiger partial charge in [-0.15, -0.1) is 0 Å². The minimum atomic E-state index is -1.09. The fourth-order valence-corrected chi connectivity index (χ4v) is 5.75. The molecule has 5 N–H and O–H groups in total. The van der Waals surface area contributed by atoms with Crippen molar-refractivity contribution in [1.29, 1.82) is 0 Å². The number of amides is 2. The van der Waals surface area contributed by atoms with Gasteiger partial charge in [0.05, 0.1) is 24.9 Å². The fourth-order valence-electron chi connectivity index (χ4n) is 5.47. The lowest BCUT2D eigenvalue weighted by Crippen LogP contribution is -2.40. The quantitative estimate of drug-likeness (QED) is 0.186. The summed E-state index contributed by atoms with van der Waals surface area (Å²) in [4.78, 5) is 40.2. The number of nitrogens with zero attached hydrogens (tertiary/aromatic N) is 3. The Morgan fingerprint density at radius 3 is 2.65 bits per heavy atom. The maximum Gasteiger partial charge on any atom is 0.251 e. The van der Waals surface area contributed by atoms with Gasteiger partial charge in [-0.3, -0.25) is 14.6 Å². The lowest BCUT2D eigenvalue weighted by atomic mass is 9.81. The number of halogens is 1. The van der Waals surface area contributed by atoms with Crippen molar-refractivity contribution in [2.24, 2.45) is 16.6 Å². The molecule has 2 saturated carbocycles. The van der Waals surface area contributed by atoms with Crippen molar-refractivity contribution in [2.45, 2.75) is 69.9 Å². The molecule has 242 valence electrons. The molecule has 1 aliphatic heterocycles. The largest absolute Gasteiger partial charge is 0.489 e. The Morgan fingerprint density at radius 2 is 2.00 bits per heavy atom. The molecule has 0 unspecified atom stereocenters. The highest BCUT2D eigenvalue weighted by Gasteiger charge is 2.44. The number of hydrogen-bond donors (Lipinski definition) is 3. The Labute approximate surface area is 273 Å². The Balaban J connectivity index is 1.34. The monoisotopic (exact) mass is 646 g/mol. The number of carbonyl (C=O) groups is 2. The van der Waals surface area contributed by atoms with E-state index < -0.39 is 11.3 Å². The SMILES string of the molecule is COc1nccc(-c2nc([C@@H](CNC(=O)c3cc(C=NC4CC4)c(N)c(OC4CC4)c3)C(C)C)cc3c2OC[C@]3(C)C(N)=O)c1Cl. The van der Waals surface area contributed by atoms with Crippen molar-refractivity contribution in [1.82, 2.24) is 15.3 Å². The van der Waals surface area contributed by atoms with E-state index in [2.05, 4.69) is 29.1 Å². The van der Waals surface area contributed by atoms with Crippen molar-refractivity contribution in [3.63, 3.8) is 0 Å². The van der Waals surface area contributed by atoms with Gasteiger partial charge in [-0.25, -0.2) is 9.97 Å². The molecule has 6 rings (SSSR count). The first-order chi connectivity index (χ1) is 22.0. The van der Waals surface area contributed by atoms with E-state index >= 15 is 0 Å². The first-order valence-electron chi connectivity index (χ1n) is 15.6. The van der Waals surface area contributed by atoms with Gasteiger partial charge in [-0.1, -0.05) is 25.4 Å². The van der Waals surface area contributed by atoms with Gasteiger partial charge in [-0.2, -0.15) is 0 Å². The number of benzene rings is 1. The van der Waals surface area contributed by atoms with Crippen LogP contribution < -0.4 is 31.0 Å². The van der Waals surface area contributed by atoms with Crippen molar-refractivity contribution >= 4 is 35.3 Å². The number of primary amides is 1. The summed E-state index contributed by atoms with van der Waals surface area (Å²) in [5.41, 5.74) is 15.1. The number of aromatic nitrogens is 2. The molecule has 2 fully saturated rings. The summed E-state index contributed by atoms with van der Waals surface area (Å²) >= 11 is 6.70. The zero-order valence-corrected chi connectivity index (χ0v) is 27.2. The molecule has 3 aromatic rings. The Kier molecular flexibility index (Phi) is 8.54. The van der Waals surface area contributed by atoms with Gasteiger partial charge in [0.25, 0.3) is 5.91 Å². The first-order valence-corrected chi connectivity index (χ1v) is 16.0. The van der Waals surface area contributed by atoms with E-state index in [-0.39, 0.29) is 47.9 Å². The van der Waals surface area contributed by atoms with E-state index in [0.717, 1.165) is 25.7 Å². The summed E-state index contributed by atoms with van der Waals surface area (Å²) < 4.78 is 17.5. The number of carbonyl (C=O) groups excluding carboxylic acids is 2. The highest BCUT2D eigenvalue weighted by atomic mass is 35.5. The van der Waals surface area contributed by atoms with Crippen LogP contribution in [-0.2, 0) is 10.2 Å². The van der Waals surface area contributed by atoms with Gasteiger partial charge in [0.1, 0.15) is 34.2 Å². The van der Waals surface area contributed by atoms with E-state index in [1.54, 1.807) is 37.5 Å². The van der Waals surface area contributed by atoms with Crippen molar-refractivity contribution in [3.8, 4) is 28.6 Å². The van der Waals surface area contributed by atoms with E-state index in [1.807, 2.05) is 6.07 Å². The van der Waals surface area contributed by atoms with Crippen LogP contribution in [0.1, 0.15) is 79.6 Å². The summed E-state index contributed by atoms with van der Waals surface area (Å²) in [6.45, 7) is 6.18. The van der Waals surface area contributed by atoms with Gasteiger partial charge in [0, 0.05) is 52.8 Å². The number of ether oxygens (including phenoxy) is 3. The summed E-state index contributed by atoms with van der Waals surface area (Å²) in [5, 5.41) is 3.36. The van der Waals surface area contributed by atoms with Crippen LogP contribution in [0.3, 0.4) is 0 Å². The third-order valence-corrected chi connectivity index (χ3v) is 9.20. The maximum absolute atomic E-state index is 13.7. The molecule has 12 heteroatoms. The lowest BCUT2D eigenvalue weighted by molar-refractivity contribution is -0.123. The molecule has 1 aromatic carbocycles. The van der Waals surface area contributed by atoms with E-state index in [1.165, 1.54) is 7.11 Å². The Hall–Kier alpha value is -4.38. The highest BCUT2D eigenvalue weighted by molar-refractivity contribution is 6.34. The number of methoxy groups -OCH3 is 1. The molecule has 0 bridgehead atoms. The topological polar surface area (TPSA) is 164 Å². The summed E-state index contributed by atoms with van der Waals surface area (Å²) in [6, 6.07) is 7.34. The third kappa shape index (κ3) is 6.20. The average Bonchev–Trinajstić information content (AvgIpc) is 3.97. The third-order valence-electron chi connectivity index (χ3n) is 8.83. The summed E-state index contributed by atoms with van der Waals surface area (Å²) in [5.74, 6) is 0.158. The summed E-state index contributed by atoms with van der Waals surface area (Å²) in [6.07, 6.45) is 7.47. The van der Waals surface area contributed by atoms with Crippen LogP contribution >= 0.6 is 11.6 Å². The van der Waals surface area contributed by atoms with Gasteiger partial charge in [0.2, 0.25) is 11.8 Å². The molecular weight excluding hydrogens is 608 g/mol. The van der Waals surface area contributed by atoms with Gasteiger partial charge in [0.15, 0.2) is 0 Å². The van der Waals surface area contributed by atoms with Gasteiger partial charge in [-0.05, 0) is 62.8 Å². The molecule has 0 saturated heterocycles. The molecule has 0 radical (unpaired) electrons. The zero-order valence-electron chi connectivity index (χ0n) is 26.4. The van der Waals surface area contributed by atoms with Crippen LogP contribution in [0.2, 0.25) is 5.02 Å². The number of rotatable bonds is 12. The Bertz CT molecular complexity index is 1720. The zero-order chi connectivity index (χ0) is 32.7. The highest BCUT2D eigenvalue weighted by Crippen LogP contribution is 2.47. The van der Waals surface area contributed by atoms with E-state index in [0.29, 0.717) is 56.9 Å². The van der Waals surface area contributed by atoms with Crippen LogP contribution in [0.25, 0.3) is 11.3 Å². The van der Waals surface area contributed by atoms with Gasteiger partial charge >= 0.3 is 0 Å². The first kappa shape index (κ1) is 31.6. The smallest absolute Gasteiger partial charge is 0.251 e. The minimum absolute atomic E-state index is 0.0460. The molecule has 46 heavy (non-hydrogen) atoms. The number of pyridine rings is 2. The van der Waals surface area contributed by atoms with Crippen LogP contribution in [0.4, 0.5) is 5.69 Å². The predicted molar refractivity (Wildman–Crippen MR) is 176 cm³/mol. The second-order valence-corrected chi connectivity index (χ2v) is 13.2. The van der Waals surface area contributed by atoms with Crippen molar-refractivity contribution in [2.75, 3.05) is 26.0 Å². The molecule has 0 spiro atoms. The number of fused-ring (bicyclic) bond motifs is 1. The van der Waals surface area contributed by atoms with Crippen molar-refractivity contribution in [3.05, 3.63) is 57.9 Å². The number of anilines is 1. The molecule has 3 heterocycles. The molecule has 3 aliphatic rings. The molecule has 2 aromatic heterocycles. The average molecular weight is 647 g/mol. The number of nitrogens with one attached hydrogen (secondary N) is 1. The number of hydrogen-bond acceptors (Lipinski definition) is 9. The fraction of sp³-hybridized carbons (Fsp3) is 0.441. The minimum Gasteiger partial charge on any atom is -0.489 e. The number of nitrogen functional groups attached to an aromatic ring is 1. The molecule has 2 atom stereocenters. The van der Waals surface area contributed by atoms with Crippen LogP contribution in [0.15, 0.2) is 35.5 Å². The van der Waals surface area contributed by atoms with Crippen LogP contribution in [-0.4, -0.2) is 60.4 Å². The maximum atomic E-state index is 13.7. The predicted octanol–water partition coefficient (Wildman–Crippen LogP) is 4.82. The molecule has 2 amide bonds. The van der Waals surface area contributed by atoms with Crippen molar-refractivity contribution < 1.29 is 23.8 Å². The number of nitrogens with two attached hydrogens (primary N) is 2. The second-order valence-electron chi connectivity index (χ2n) is 12.8. The normalized spacial score (nSPS) is 19.5. The molecule has 11 nitrogen and oxygen atoms in total. The van der Waals surface area contributed by atoms with E-state index in [9.17, 15) is 9.59 Å². The Morgan fingerprint density at radius 1 is 1.24 bits per heavy atom. The standard InChI is InChI=1S/C34H39ClN6O5/c1-17(2)23(15-40-31(42)18-11-19(14-39-20-5-6-20)28(36)26(12-18)46-21-7-8-21)25-13-24-30(45-16-34(24,3)33(37)43)29(41-25)22-9-10-38-32(44-4)27(22)35/h9-14,17,20-21,23H,5-8,15-16,36H2,1-4H3,(H2,37,43)(H,40,42)/t23-,34-/m0/s1. The lowest BCUT2D eigenvalue weighted by Gasteiger charge is -2.25. The van der Waals surface area contributed by atoms with Gasteiger partial charge < -0.3 is 31.0 Å². The molecular formula is C34H39ClN6O5. The molecule has 2 aliphatic carbocycles. The van der Waals surface area contributed by atoms with E-state index in [4.69, 9.17) is 42.3 Å². The number of aliphatic imine (C=N–C) groups is 1. The summed E-state index contributed by atoms with van der Waals surface area (Å²) in [7, 11) is 1.48.